The van der Waals surface area contributed by atoms with Crippen LogP contribution in [0.2, 0.25) is 0 Å². The van der Waals surface area contributed by atoms with Gasteiger partial charge in [-0.05, 0) is 38.1 Å². The van der Waals surface area contributed by atoms with Crippen LogP contribution < -0.4 is 5.56 Å². The third-order valence-electron chi connectivity index (χ3n) is 4.11. The Bertz CT molecular complexity index is 705. The number of nitrogens with zero attached hydrogens (tertiary/aromatic N) is 2. The van der Waals surface area contributed by atoms with Gasteiger partial charge in [0.05, 0.1) is 5.52 Å². The zero-order chi connectivity index (χ0) is 14.8. The maximum Gasteiger partial charge on any atom is 0.251 e. The van der Waals surface area contributed by atoms with E-state index >= 15 is 0 Å². The SMILES string of the molecule is O=c1ccc2c(F)cc(F)cc2n1CCN1CCCCC1. The summed E-state index contributed by atoms with van der Waals surface area (Å²) in [7, 11) is 0. The number of rotatable bonds is 3. The van der Waals surface area contributed by atoms with Crippen molar-refractivity contribution in [3.63, 3.8) is 0 Å². The van der Waals surface area contributed by atoms with Gasteiger partial charge in [0.2, 0.25) is 0 Å². The summed E-state index contributed by atoms with van der Waals surface area (Å²) in [4.78, 5) is 14.3. The van der Waals surface area contributed by atoms with Crippen LogP contribution in [0.25, 0.3) is 10.9 Å². The van der Waals surface area contributed by atoms with Crippen molar-refractivity contribution in [1.29, 1.82) is 0 Å². The monoisotopic (exact) mass is 292 g/mol. The van der Waals surface area contributed by atoms with E-state index in [-0.39, 0.29) is 10.9 Å². The second-order valence-corrected chi connectivity index (χ2v) is 5.55. The Kier molecular flexibility index (Phi) is 4.01. The second kappa shape index (κ2) is 5.93. The van der Waals surface area contributed by atoms with Gasteiger partial charge in [0.15, 0.2) is 0 Å². The average Bonchev–Trinajstić information content (AvgIpc) is 2.47. The lowest BCUT2D eigenvalue weighted by atomic mass is 10.1. The number of fused-ring (bicyclic) bond motifs is 1. The van der Waals surface area contributed by atoms with E-state index in [4.69, 9.17) is 0 Å². The highest BCUT2D eigenvalue weighted by Crippen LogP contribution is 2.18. The molecule has 3 nitrogen and oxygen atoms in total. The number of piperidine rings is 1. The van der Waals surface area contributed by atoms with Crippen molar-refractivity contribution < 1.29 is 8.78 Å². The highest BCUT2D eigenvalue weighted by molar-refractivity contribution is 5.79. The molecule has 1 aromatic heterocycles. The molecular formula is C16H18F2N2O. The number of hydrogen-bond acceptors (Lipinski definition) is 2. The molecular weight excluding hydrogens is 274 g/mol. The van der Waals surface area contributed by atoms with Crippen LogP contribution in [0.15, 0.2) is 29.1 Å². The van der Waals surface area contributed by atoms with Gasteiger partial charge < -0.3 is 9.47 Å². The Morgan fingerprint density at radius 1 is 1.00 bits per heavy atom. The Morgan fingerprint density at radius 3 is 2.52 bits per heavy atom. The van der Waals surface area contributed by atoms with Crippen LogP contribution in [0.3, 0.4) is 0 Å². The molecule has 21 heavy (non-hydrogen) atoms. The second-order valence-electron chi connectivity index (χ2n) is 5.55. The molecule has 1 aromatic carbocycles. The first-order valence-corrected chi connectivity index (χ1v) is 7.36. The van der Waals surface area contributed by atoms with Gasteiger partial charge in [-0.25, -0.2) is 8.78 Å². The quantitative estimate of drug-likeness (QED) is 0.869. The number of likely N-dealkylation sites (tertiary alicyclic amines) is 1. The molecule has 112 valence electrons. The molecule has 2 heterocycles. The molecule has 0 spiro atoms. The fraction of sp³-hybridized carbons (Fsp3) is 0.438. The van der Waals surface area contributed by atoms with Gasteiger partial charge in [-0.15, -0.1) is 0 Å². The maximum atomic E-state index is 13.8. The van der Waals surface area contributed by atoms with Gasteiger partial charge in [-0.3, -0.25) is 4.79 Å². The van der Waals surface area contributed by atoms with E-state index in [1.54, 1.807) is 0 Å². The van der Waals surface area contributed by atoms with Gasteiger partial charge in [-0.2, -0.15) is 0 Å². The predicted molar refractivity (Wildman–Crippen MR) is 78.4 cm³/mol. The summed E-state index contributed by atoms with van der Waals surface area (Å²) in [6.07, 6.45) is 3.60. The van der Waals surface area contributed by atoms with E-state index in [9.17, 15) is 13.6 Å². The van der Waals surface area contributed by atoms with Gasteiger partial charge in [0, 0.05) is 30.6 Å². The Hall–Kier alpha value is -1.75. The van der Waals surface area contributed by atoms with Crippen LogP contribution in [0.5, 0.6) is 0 Å². The summed E-state index contributed by atoms with van der Waals surface area (Å²) in [5, 5.41) is 0.287. The molecule has 0 unspecified atom stereocenters. The lowest BCUT2D eigenvalue weighted by Crippen LogP contribution is -2.34. The highest BCUT2D eigenvalue weighted by Gasteiger charge is 2.12. The molecule has 0 aliphatic carbocycles. The van der Waals surface area contributed by atoms with E-state index in [0.29, 0.717) is 12.1 Å². The first-order chi connectivity index (χ1) is 10.1. The smallest absolute Gasteiger partial charge is 0.251 e. The topological polar surface area (TPSA) is 25.2 Å². The predicted octanol–water partition coefficient (Wildman–Crippen LogP) is 2.77. The normalized spacial score (nSPS) is 16.5. The van der Waals surface area contributed by atoms with Crippen molar-refractivity contribution in [1.82, 2.24) is 9.47 Å². The van der Waals surface area contributed by atoms with Crippen LogP contribution in [-0.2, 0) is 6.54 Å². The summed E-state index contributed by atoms with van der Waals surface area (Å²) in [6, 6.07) is 4.85. The lowest BCUT2D eigenvalue weighted by molar-refractivity contribution is 0.221. The molecule has 0 bridgehead atoms. The van der Waals surface area contributed by atoms with Crippen LogP contribution in [0, 0.1) is 11.6 Å². The summed E-state index contributed by atoms with van der Waals surface area (Å²) in [6.45, 7) is 3.25. The Balaban J connectivity index is 1.93. The first kappa shape index (κ1) is 14.2. The third-order valence-corrected chi connectivity index (χ3v) is 4.11. The summed E-state index contributed by atoms with van der Waals surface area (Å²) in [5.74, 6) is -1.28. The third kappa shape index (κ3) is 2.97. The first-order valence-electron chi connectivity index (χ1n) is 7.36. The van der Waals surface area contributed by atoms with E-state index in [0.717, 1.165) is 25.7 Å². The number of pyridine rings is 1. The van der Waals surface area contributed by atoms with Crippen molar-refractivity contribution in [3.05, 3.63) is 46.3 Å². The standard InChI is InChI=1S/C16H18F2N2O/c17-12-10-14(18)13-4-5-16(21)20(15(13)11-12)9-8-19-6-2-1-3-7-19/h4-5,10-11H,1-3,6-9H2. The van der Waals surface area contributed by atoms with Crippen molar-refractivity contribution in [2.24, 2.45) is 0 Å². The van der Waals surface area contributed by atoms with Gasteiger partial charge >= 0.3 is 0 Å². The van der Waals surface area contributed by atoms with Crippen LogP contribution in [0.1, 0.15) is 19.3 Å². The van der Waals surface area contributed by atoms with Crippen molar-refractivity contribution in [3.8, 4) is 0 Å². The Morgan fingerprint density at radius 2 is 1.76 bits per heavy atom. The minimum Gasteiger partial charge on any atom is -0.307 e. The minimum atomic E-state index is -0.655. The van der Waals surface area contributed by atoms with E-state index in [1.165, 1.54) is 42.0 Å². The molecule has 0 atom stereocenters. The molecule has 1 aliphatic rings. The van der Waals surface area contributed by atoms with E-state index in [2.05, 4.69) is 4.90 Å². The molecule has 0 amide bonds. The largest absolute Gasteiger partial charge is 0.307 e. The van der Waals surface area contributed by atoms with Crippen molar-refractivity contribution in [2.75, 3.05) is 19.6 Å². The van der Waals surface area contributed by atoms with E-state index < -0.39 is 11.6 Å². The summed E-state index contributed by atoms with van der Waals surface area (Å²) >= 11 is 0. The Labute approximate surface area is 121 Å². The fourth-order valence-corrected chi connectivity index (χ4v) is 2.98. The minimum absolute atomic E-state index is 0.218. The van der Waals surface area contributed by atoms with E-state index in [1.807, 2.05) is 0 Å². The van der Waals surface area contributed by atoms with Crippen LogP contribution in [-0.4, -0.2) is 29.1 Å². The molecule has 3 rings (SSSR count). The highest BCUT2D eigenvalue weighted by atomic mass is 19.1. The molecule has 5 heteroatoms. The zero-order valence-corrected chi connectivity index (χ0v) is 11.8. The summed E-state index contributed by atoms with van der Waals surface area (Å²) in [5.41, 5.74) is 0.113. The van der Waals surface area contributed by atoms with Crippen LogP contribution >= 0.6 is 0 Å². The molecule has 0 N–H and O–H groups in total. The maximum absolute atomic E-state index is 13.8. The van der Waals surface area contributed by atoms with Gasteiger partial charge in [0.25, 0.3) is 5.56 Å². The number of hydrogen-bond donors (Lipinski definition) is 0. The average molecular weight is 292 g/mol. The van der Waals surface area contributed by atoms with Gasteiger partial charge in [-0.1, -0.05) is 6.42 Å². The number of halogens is 2. The molecule has 2 aromatic rings. The number of benzene rings is 1. The molecule has 1 saturated heterocycles. The molecule has 0 radical (unpaired) electrons. The molecule has 1 aliphatic heterocycles. The summed E-state index contributed by atoms with van der Waals surface area (Å²) < 4.78 is 28.7. The molecule has 1 fully saturated rings. The van der Waals surface area contributed by atoms with Gasteiger partial charge in [0.1, 0.15) is 11.6 Å². The molecule has 0 saturated carbocycles. The zero-order valence-electron chi connectivity index (χ0n) is 11.8. The van der Waals surface area contributed by atoms with Crippen molar-refractivity contribution in [2.45, 2.75) is 25.8 Å². The fourth-order valence-electron chi connectivity index (χ4n) is 2.98. The van der Waals surface area contributed by atoms with Crippen molar-refractivity contribution >= 4 is 10.9 Å². The lowest BCUT2D eigenvalue weighted by Gasteiger charge is -2.26. The number of aromatic nitrogens is 1. The van der Waals surface area contributed by atoms with Crippen LogP contribution in [0.4, 0.5) is 8.78 Å².